The van der Waals surface area contributed by atoms with Crippen LogP contribution in [0.15, 0.2) is 48.7 Å². The van der Waals surface area contributed by atoms with E-state index in [4.69, 9.17) is 5.73 Å². The van der Waals surface area contributed by atoms with Gasteiger partial charge >= 0.3 is 0 Å². The van der Waals surface area contributed by atoms with Crippen molar-refractivity contribution in [2.45, 2.75) is 13.0 Å². The Labute approximate surface area is 126 Å². The second-order valence-corrected chi connectivity index (χ2v) is 5.54. The summed E-state index contributed by atoms with van der Waals surface area (Å²) in [6.07, 6.45) is 1.94. The minimum Gasteiger partial charge on any atom is -0.368 e. The van der Waals surface area contributed by atoms with E-state index in [2.05, 4.69) is 51.2 Å². The Balaban J connectivity index is 1.63. The molecule has 0 bridgehead atoms. The van der Waals surface area contributed by atoms with E-state index < -0.39 is 0 Å². The number of aromatic nitrogens is 1. The zero-order valence-electron chi connectivity index (χ0n) is 12.4. The number of anilines is 2. The second kappa shape index (κ2) is 6.14. The summed E-state index contributed by atoms with van der Waals surface area (Å²) >= 11 is 0. The van der Waals surface area contributed by atoms with Crippen molar-refractivity contribution < 1.29 is 0 Å². The first-order valence-electron chi connectivity index (χ1n) is 7.50. The van der Waals surface area contributed by atoms with Crippen molar-refractivity contribution in [3.8, 4) is 0 Å². The molecular formula is C17H22N4. The van der Waals surface area contributed by atoms with Gasteiger partial charge in [-0.15, -0.1) is 0 Å². The molecule has 0 spiro atoms. The molecular weight excluding hydrogens is 260 g/mol. The topological polar surface area (TPSA) is 45.4 Å². The number of piperazine rings is 1. The fraction of sp³-hybridized carbons (Fsp3) is 0.353. The van der Waals surface area contributed by atoms with E-state index in [0.717, 1.165) is 31.9 Å². The zero-order valence-corrected chi connectivity index (χ0v) is 12.4. The molecule has 2 N–H and O–H groups in total. The fourth-order valence-corrected chi connectivity index (χ4v) is 2.72. The summed E-state index contributed by atoms with van der Waals surface area (Å²) in [5, 5.41) is 0. The number of benzene rings is 1. The average molecular weight is 282 g/mol. The van der Waals surface area contributed by atoms with Crippen LogP contribution in [0.3, 0.4) is 0 Å². The molecule has 2 aromatic rings. The molecule has 0 aliphatic carbocycles. The maximum atomic E-state index is 5.84. The van der Waals surface area contributed by atoms with Gasteiger partial charge in [-0.1, -0.05) is 18.2 Å². The lowest BCUT2D eigenvalue weighted by Gasteiger charge is -2.37. The van der Waals surface area contributed by atoms with Crippen LogP contribution in [0.4, 0.5) is 11.4 Å². The lowest BCUT2D eigenvalue weighted by Crippen LogP contribution is -2.46. The van der Waals surface area contributed by atoms with Crippen LogP contribution in [0, 0.1) is 0 Å². The minimum absolute atomic E-state index is 0.00558. The van der Waals surface area contributed by atoms with Crippen molar-refractivity contribution >= 4 is 11.4 Å². The second-order valence-electron chi connectivity index (χ2n) is 5.54. The highest BCUT2D eigenvalue weighted by molar-refractivity contribution is 5.51. The number of hydrogen-bond donors (Lipinski definition) is 1. The third-order valence-electron chi connectivity index (χ3n) is 4.00. The Morgan fingerprint density at radius 3 is 2.05 bits per heavy atom. The van der Waals surface area contributed by atoms with Crippen LogP contribution in [0.2, 0.25) is 0 Å². The van der Waals surface area contributed by atoms with Gasteiger partial charge in [0.2, 0.25) is 0 Å². The fourth-order valence-electron chi connectivity index (χ4n) is 2.72. The summed E-state index contributed by atoms with van der Waals surface area (Å²) in [4.78, 5) is 9.27. The number of nitrogens with zero attached hydrogens (tertiary/aromatic N) is 3. The Morgan fingerprint density at radius 1 is 0.905 bits per heavy atom. The maximum Gasteiger partial charge on any atom is 0.0569 e. The quantitative estimate of drug-likeness (QED) is 0.939. The van der Waals surface area contributed by atoms with Gasteiger partial charge in [-0.05, 0) is 31.2 Å². The number of nitrogens with two attached hydrogens (primary N) is 1. The van der Waals surface area contributed by atoms with Crippen LogP contribution in [-0.4, -0.2) is 31.2 Å². The average Bonchev–Trinajstić information content (AvgIpc) is 2.56. The molecule has 3 rings (SSSR count). The SMILES string of the molecule is CC(N)c1ccc(N2CCN(c3ccccc3)CC2)cn1. The molecule has 4 nitrogen and oxygen atoms in total. The van der Waals surface area contributed by atoms with Gasteiger partial charge in [0, 0.05) is 37.9 Å². The molecule has 0 saturated carbocycles. The minimum atomic E-state index is -0.00558. The molecule has 1 saturated heterocycles. The Bertz CT molecular complexity index is 557. The van der Waals surface area contributed by atoms with E-state index in [1.54, 1.807) is 0 Å². The molecule has 1 aliphatic rings. The van der Waals surface area contributed by atoms with Crippen LogP contribution < -0.4 is 15.5 Å². The highest BCUT2D eigenvalue weighted by atomic mass is 15.3. The summed E-state index contributed by atoms with van der Waals surface area (Å²) in [5.41, 5.74) is 9.28. The molecule has 1 unspecified atom stereocenters. The van der Waals surface area contributed by atoms with Crippen LogP contribution in [0.5, 0.6) is 0 Å². The third kappa shape index (κ3) is 3.16. The van der Waals surface area contributed by atoms with Gasteiger partial charge in [0.1, 0.15) is 0 Å². The molecule has 1 aliphatic heterocycles. The summed E-state index contributed by atoms with van der Waals surface area (Å²) in [6, 6.07) is 14.8. The number of pyridine rings is 1. The van der Waals surface area contributed by atoms with E-state index in [0.29, 0.717) is 0 Å². The first kappa shape index (κ1) is 13.9. The predicted octanol–water partition coefficient (Wildman–Crippen LogP) is 2.43. The van der Waals surface area contributed by atoms with E-state index in [1.807, 2.05) is 19.2 Å². The smallest absolute Gasteiger partial charge is 0.0569 e. The Hall–Kier alpha value is -2.07. The molecule has 21 heavy (non-hydrogen) atoms. The molecule has 2 heterocycles. The third-order valence-corrected chi connectivity index (χ3v) is 4.00. The molecule has 0 radical (unpaired) electrons. The standard InChI is InChI=1S/C17H22N4/c1-14(18)17-8-7-16(13-19-17)21-11-9-20(10-12-21)15-5-3-2-4-6-15/h2-8,13-14H,9-12,18H2,1H3. The highest BCUT2D eigenvalue weighted by Gasteiger charge is 2.17. The Kier molecular flexibility index (Phi) is 4.06. The van der Waals surface area contributed by atoms with E-state index in [-0.39, 0.29) is 6.04 Å². The first-order chi connectivity index (χ1) is 10.2. The van der Waals surface area contributed by atoms with Crippen LogP contribution >= 0.6 is 0 Å². The number of hydrogen-bond acceptors (Lipinski definition) is 4. The van der Waals surface area contributed by atoms with Crippen LogP contribution in [-0.2, 0) is 0 Å². The lowest BCUT2D eigenvalue weighted by atomic mass is 10.2. The first-order valence-corrected chi connectivity index (χ1v) is 7.50. The molecule has 1 aromatic heterocycles. The van der Waals surface area contributed by atoms with Gasteiger partial charge in [0.15, 0.2) is 0 Å². The van der Waals surface area contributed by atoms with Gasteiger partial charge in [-0.3, -0.25) is 4.98 Å². The van der Waals surface area contributed by atoms with E-state index >= 15 is 0 Å². The van der Waals surface area contributed by atoms with Crippen molar-refractivity contribution in [2.24, 2.45) is 5.73 Å². The maximum absolute atomic E-state index is 5.84. The van der Waals surface area contributed by atoms with Gasteiger partial charge in [-0.2, -0.15) is 0 Å². The van der Waals surface area contributed by atoms with E-state index in [1.165, 1.54) is 11.4 Å². The van der Waals surface area contributed by atoms with Crippen molar-refractivity contribution in [1.29, 1.82) is 0 Å². The van der Waals surface area contributed by atoms with Crippen molar-refractivity contribution in [2.75, 3.05) is 36.0 Å². The zero-order chi connectivity index (χ0) is 14.7. The molecule has 1 aromatic carbocycles. The highest BCUT2D eigenvalue weighted by Crippen LogP contribution is 2.20. The monoisotopic (exact) mass is 282 g/mol. The summed E-state index contributed by atoms with van der Waals surface area (Å²) in [5.74, 6) is 0. The number of rotatable bonds is 3. The molecule has 1 fully saturated rings. The largest absolute Gasteiger partial charge is 0.368 e. The molecule has 110 valence electrons. The van der Waals surface area contributed by atoms with Crippen molar-refractivity contribution in [1.82, 2.24) is 4.98 Å². The summed E-state index contributed by atoms with van der Waals surface area (Å²) in [6.45, 7) is 6.08. The molecule has 4 heteroatoms. The molecule has 1 atom stereocenters. The number of para-hydroxylation sites is 1. The van der Waals surface area contributed by atoms with E-state index in [9.17, 15) is 0 Å². The van der Waals surface area contributed by atoms with Gasteiger partial charge in [0.05, 0.1) is 17.6 Å². The van der Waals surface area contributed by atoms with Gasteiger partial charge in [0.25, 0.3) is 0 Å². The Morgan fingerprint density at radius 2 is 1.52 bits per heavy atom. The predicted molar refractivity (Wildman–Crippen MR) is 87.7 cm³/mol. The summed E-state index contributed by atoms with van der Waals surface area (Å²) in [7, 11) is 0. The van der Waals surface area contributed by atoms with Crippen molar-refractivity contribution in [3.05, 3.63) is 54.4 Å². The van der Waals surface area contributed by atoms with Gasteiger partial charge in [-0.25, -0.2) is 0 Å². The lowest BCUT2D eigenvalue weighted by molar-refractivity contribution is 0.652. The van der Waals surface area contributed by atoms with Gasteiger partial charge < -0.3 is 15.5 Å². The van der Waals surface area contributed by atoms with Crippen LogP contribution in [0.1, 0.15) is 18.7 Å². The summed E-state index contributed by atoms with van der Waals surface area (Å²) < 4.78 is 0. The van der Waals surface area contributed by atoms with Crippen molar-refractivity contribution in [3.63, 3.8) is 0 Å². The normalized spacial score (nSPS) is 16.9. The van der Waals surface area contributed by atoms with Crippen LogP contribution in [0.25, 0.3) is 0 Å². The molecule has 0 amide bonds.